The Hall–Kier alpha value is -1.28. The molecule has 1 saturated heterocycles. The standard InChI is InChI=1S/C21H34N2O4/c1-2-20-3-5-21(6-4-20)19-23-9-13-24-11-7-22-8-12-25-15-17-27-18-16-26-14-10-23/h2-6,22H,1,7-19H2. The molecule has 1 aliphatic rings. The zero-order valence-corrected chi connectivity index (χ0v) is 16.4. The van der Waals surface area contributed by atoms with Gasteiger partial charge in [-0.2, -0.15) is 0 Å². The third-order valence-corrected chi connectivity index (χ3v) is 4.32. The van der Waals surface area contributed by atoms with Crippen molar-refractivity contribution >= 4 is 6.08 Å². The molecule has 0 aliphatic carbocycles. The van der Waals surface area contributed by atoms with Gasteiger partial charge in [0.05, 0.1) is 52.9 Å². The van der Waals surface area contributed by atoms with E-state index in [0.717, 1.165) is 38.3 Å². The van der Waals surface area contributed by atoms with Crippen LogP contribution in [0.1, 0.15) is 11.1 Å². The van der Waals surface area contributed by atoms with Crippen LogP contribution in [0.3, 0.4) is 0 Å². The number of ether oxygens (including phenoxy) is 4. The molecule has 0 amide bonds. The SMILES string of the molecule is C=Cc1ccc(CN2CCOCCNCCOCCOCCOCC2)cc1. The van der Waals surface area contributed by atoms with E-state index in [1.54, 1.807) is 0 Å². The van der Waals surface area contributed by atoms with E-state index >= 15 is 0 Å². The van der Waals surface area contributed by atoms with Crippen LogP contribution in [-0.4, -0.2) is 83.9 Å². The molecule has 0 unspecified atom stereocenters. The van der Waals surface area contributed by atoms with Gasteiger partial charge in [-0.1, -0.05) is 36.9 Å². The van der Waals surface area contributed by atoms with Gasteiger partial charge < -0.3 is 24.3 Å². The topological polar surface area (TPSA) is 52.2 Å². The van der Waals surface area contributed by atoms with Crippen LogP contribution < -0.4 is 5.32 Å². The summed E-state index contributed by atoms with van der Waals surface area (Å²) in [6.45, 7) is 13.4. The molecular formula is C21H34N2O4. The lowest BCUT2D eigenvalue weighted by atomic mass is 10.1. The molecule has 0 aromatic heterocycles. The van der Waals surface area contributed by atoms with Gasteiger partial charge in [-0.15, -0.1) is 0 Å². The summed E-state index contributed by atoms with van der Waals surface area (Å²) in [5.41, 5.74) is 2.43. The fourth-order valence-corrected chi connectivity index (χ4v) is 2.73. The molecule has 0 atom stereocenters. The van der Waals surface area contributed by atoms with Gasteiger partial charge in [-0.05, 0) is 11.1 Å². The minimum absolute atomic E-state index is 0.605. The molecule has 1 heterocycles. The molecule has 1 aliphatic heterocycles. The number of nitrogens with one attached hydrogen (secondary N) is 1. The van der Waals surface area contributed by atoms with Crippen molar-refractivity contribution in [2.24, 2.45) is 0 Å². The highest BCUT2D eigenvalue weighted by atomic mass is 16.5. The maximum atomic E-state index is 5.76. The van der Waals surface area contributed by atoms with Crippen molar-refractivity contribution in [1.82, 2.24) is 10.2 Å². The quantitative estimate of drug-likeness (QED) is 0.866. The fraction of sp³-hybridized carbons (Fsp3) is 0.619. The number of rotatable bonds is 3. The zero-order valence-electron chi connectivity index (χ0n) is 16.4. The van der Waals surface area contributed by atoms with E-state index in [0.29, 0.717) is 52.9 Å². The summed E-state index contributed by atoms with van der Waals surface area (Å²) >= 11 is 0. The number of hydrogen-bond acceptors (Lipinski definition) is 6. The van der Waals surface area contributed by atoms with Crippen LogP contribution >= 0.6 is 0 Å². The summed E-state index contributed by atoms with van der Waals surface area (Å²) in [5.74, 6) is 0. The van der Waals surface area contributed by atoms with E-state index in [9.17, 15) is 0 Å². The molecule has 27 heavy (non-hydrogen) atoms. The van der Waals surface area contributed by atoms with Crippen molar-refractivity contribution in [2.75, 3.05) is 79.0 Å². The average Bonchev–Trinajstić information content (AvgIpc) is 2.70. The van der Waals surface area contributed by atoms with E-state index < -0.39 is 0 Å². The first kappa shape index (κ1) is 22.0. The average molecular weight is 379 g/mol. The van der Waals surface area contributed by atoms with Crippen molar-refractivity contribution in [3.8, 4) is 0 Å². The second kappa shape index (κ2) is 14.7. The van der Waals surface area contributed by atoms with Gasteiger partial charge in [0.15, 0.2) is 0 Å². The Balaban J connectivity index is 1.78. The van der Waals surface area contributed by atoms with Crippen LogP contribution in [0.4, 0.5) is 0 Å². The summed E-state index contributed by atoms with van der Waals surface area (Å²) in [4.78, 5) is 2.37. The lowest BCUT2D eigenvalue weighted by Gasteiger charge is -2.22. The second-order valence-corrected chi connectivity index (χ2v) is 6.42. The van der Waals surface area contributed by atoms with E-state index in [-0.39, 0.29) is 0 Å². The van der Waals surface area contributed by atoms with E-state index in [1.807, 2.05) is 6.08 Å². The molecule has 1 aromatic rings. The predicted octanol–water partition coefficient (Wildman–Crippen LogP) is 1.80. The first-order chi connectivity index (χ1) is 13.4. The molecule has 0 saturated carbocycles. The highest BCUT2D eigenvalue weighted by Gasteiger charge is 2.07. The Labute approximate surface area is 163 Å². The van der Waals surface area contributed by atoms with Crippen LogP contribution in [0.2, 0.25) is 0 Å². The minimum atomic E-state index is 0.605. The molecule has 0 bridgehead atoms. The molecule has 0 spiro atoms. The predicted molar refractivity (Wildman–Crippen MR) is 108 cm³/mol. The second-order valence-electron chi connectivity index (χ2n) is 6.42. The van der Waals surface area contributed by atoms with Gasteiger partial charge in [0.2, 0.25) is 0 Å². The molecule has 1 N–H and O–H groups in total. The van der Waals surface area contributed by atoms with E-state index in [2.05, 4.69) is 41.1 Å². The van der Waals surface area contributed by atoms with Gasteiger partial charge in [-0.25, -0.2) is 0 Å². The van der Waals surface area contributed by atoms with Crippen molar-refractivity contribution in [2.45, 2.75) is 6.54 Å². The Bertz CT molecular complexity index is 477. The lowest BCUT2D eigenvalue weighted by molar-refractivity contribution is 0.00739. The lowest BCUT2D eigenvalue weighted by Crippen LogP contribution is -2.32. The first-order valence-corrected chi connectivity index (χ1v) is 9.84. The normalized spacial score (nSPS) is 20.4. The number of hydrogen-bond donors (Lipinski definition) is 1. The largest absolute Gasteiger partial charge is 0.379 e. The third kappa shape index (κ3) is 10.6. The Kier molecular flexibility index (Phi) is 12.0. The summed E-state index contributed by atoms with van der Waals surface area (Å²) in [6, 6.07) is 8.52. The molecule has 1 aromatic carbocycles. The first-order valence-electron chi connectivity index (χ1n) is 9.84. The maximum absolute atomic E-state index is 5.76. The van der Waals surface area contributed by atoms with Gasteiger partial charge in [-0.3, -0.25) is 4.90 Å². The Morgan fingerprint density at radius 3 is 1.89 bits per heavy atom. The van der Waals surface area contributed by atoms with Crippen LogP contribution in [0, 0.1) is 0 Å². The monoisotopic (exact) mass is 378 g/mol. The van der Waals surface area contributed by atoms with Crippen molar-refractivity contribution in [3.63, 3.8) is 0 Å². The molecular weight excluding hydrogens is 344 g/mol. The zero-order chi connectivity index (χ0) is 19.0. The highest BCUT2D eigenvalue weighted by molar-refractivity contribution is 5.47. The fourth-order valence-electron chi connectivity index (χ4n) is 2.73. The van der Waals surface area contributed by atoms with E-state index in [4.69, 9.17) is 18.9 Å². The van der Waals surface area contributed by atoms with E-state index in [1.165, 1.54) is 5.56 Å². The van der Waals surface area contributed by atoms with Crippen LogP contribution in [-0.2, 0) is 25.5 Å². The van der Waals surface area contributed by atoms with Gasteiger partial charge in [0.25, 0.3) is 0 Å². The number of nitrogens with zero attached hydrogens (tertiary/aromatic N) is 1. The summed E-state index contributed by atoms with van der Waals surface area (Å²) in [5, 5.41) is 3.32. The number of benzene rings is 1. The summed E-state index contributed by atoms with van der Waals surface area (Å²) in [6.07, 6.45) is 1.87. The maximum Gasteiger partial charge on any atom is 0.0701 e. The van der Waals surface area contributed by atoms with Crippen LogP contribution in [0.5, 0.6) is 0 Å². The highest BCUT2D eigenvalue weighted by Crippen LogP contribution is 2.08. The van der Waals surface area contributed by atoms with Crippen LogP contribution in [0.15, 0.2) is 30.8 Å². The van der Waals surface area contributed by atoms with Gasteiger partial charge in [0.1, 0.15) is 0 Å². The molecule has 6 nitrogen and oxygen atoms in total. The van der Waals surface area contributed by atoms with Crippen molar-refractivity contribution in [1.29, 1.82) is 0 Å². The van der Waals surface area contributed by atoms with Gasteiger partial charge >= 0.3 is 0 Å². The summed E-state index contributed by atoms with van der Waals surface area (Å²) in [7, 11) is 0. The molecule has 2 rings (SSSR count). The van der Waals surface area contributed by atoms with Crippen molar-refractivity contribution in [3.05, 3.63) is 42.0 Å². The van der Waals surface area contributed by atoms with Gasteiger partial charge in [0, 0.05) is 32.7 Å². The Morgan fingerprint density at radius 1 is 0.778 bits per heavy atom. The third-order valence-electron chi connectivity index (χ3n) is 4.32. The minimum Gasteiger partial charge on any atom is -0.379 e. The smallest absolute Gasteiger partial charge is 0.0701 e. The Morgan fingerprint density at radius 2 is 1.30 bits per heavy atom. The molecule has 0 radical (unpaired) electrons. The molecule has 152 valence electrons. The van der Waals surface area contributed by atoms with Crippen molar-refractivity contribution < 1.29 is 18.9 Å². The molecule has 1 fully saturated rings. The summed E-state index contributed by atoms with van der Waals surface area (Å²) < 4.78 is 22.5. The van der Waals surface area contributed by atoms with Crippen LogP contribution in [0.25, 0.3) is 6.08 Å². The molecule has 6 heteroatoms.